The zero-order chi connectivity index (χ0) is 24.4. The van der Waals surface area contributed by atoms with Crippen molar-refractivity contribution in [2.75, 3.05) is 10.6 Å². The number of hydrogen-bond acceptors (Lipinski definition) is 6. The van der Waals surface area contributed by atoms with Crippen LogP contribution in [0, 0.1) is 6.92 Å². The summed E-state index contributed by atoms with van der Waals surface area (Å²) < 4.78 is 8.77. The molecule has 2 heterocycles. The molecule has 4 aromatic rings. The Kier molecular flexibility index (Phi) is 6.33. The fourth-order valence-electron chi connectivity index (χ4n) is 4.11. The number of nitrogens with zero attached hydrogens (tertiary/aromatic N) is 4. The van der Waals surface area contributed by atoms with Gasteiger partial charge in [0.2, 0.25) is 5.95 Å². The van der Waals surface area contributed by atoms with Crippen molar-refractivity contribution < 1.29 is 9.53 Å². The Hall–Kier alpha value is -3.98. The number of hydrogen-bond donors (Lipinski definition) is 2. The van der Waals surface area contributed by atoms with Gasteiger partial charge in [-0.05, 0) is 65.7 Å². The van der Waals surface area contributed by atoms with Crippen molar-refractivity contribution >= 4 is 33.5 Å². The second-order valence-electron chi connectivity index (χ2n) is 8.23. The minimum Gasteiger partial charge on any atom is -0.489 e. The van der Waals surface area contributed by atoms with Crippen molar-refractivity contribution in [3.8, 4) is 5.75 Å². The molecule has 1 atom stereocenters. The van der Waals surface area contributed by atoms with Crippen molar-refractivity contribution in [2.24, 2.45) is 0 Å². The third-order valence-electron chi connectivity index (χ3n) is 5.90. The number of nitrogens with one attached hydrogen (secondary N) is 2. The van der Waals surface area contributed by atoms with Crippen LogP contribution in [0.5, 0.6) is 5.75 Å². The average molecular weight is 531 g/mol. The summed E-state index contributed by atoms with van der Waals surface area (Å²) in [7, 11) is 0. The first kappa shape index (κ1) is 22.8. The monoisotopic (exact) mass is 530 g/mol. The number of amides is 1. The van der Waals surface area contributed by atoms with E-state index in [1.165, 1.54) is 0 Å². The number of allylic oxidation sites excluding steroid dienone is 1. The van der Waals surface area contributed by atoms with Gasteiger partial charge in [0.25, 0.3) is 5.91 Å². The summed E-state index contributed by atoms with van der Waals surface area (Å²) >= 11 is 3.58. The van der Waals surface area contributed by atoms with Gasteiger partial charge in [-0.1, -0.05) is 63.5 Å². The lowest BCUT2D eigenvalue weighted by Crippen LogP contribution is -2.31. The molecule has 35 heavy (non-hydrogen) atoms. The van der Waals surface area contributed by atoms with Gasteiger partial charge >= 0.3 is 0 Å². The largest absolute Gasteiger partial charge is 0.489 e. The smallest absolute Gasteiger partial charge is 0.255 e. The lowest BCUT2D eigenvalue weighted by Gasteiger charge is -2.29. The number of aromatic nitrogens is 4. The van der Waals surface area contributed by atoms with Crippen LogP contribution in [-0.4, -0.2) is 26.1 Å². The second kappa shape index (κ2) is 9.71. The maximum absolute atomic E-state index is 13.6. The van der Waals surface area contributed by atoms with Gasteiger partial charge < -0.3 is 15.4 Å². The number of fused-ring (bicyclic) bond motifs is 1. The molecule has 1 aliphatic rings. The molecular weight excluding hydrogens is 508 g/mol. The molecule has 176 valence electrons. The van der Waals surface area contributed by atoms with Crippen LogP contribution in [0.3, 0.4) is 0 Å². The van der Waals surface area contributed by atoms with E-state index in [9.17, 15) is 4.79 Å². The average Bonchev–Trinajstić information content (AvgIpc) is 3.32. The molecule has 0 bridgehead atoms. The van der Waals surface area contributed by atoms with Gasteiger partial charge in [-0.3, -0.25) is 4.79 Å². The van der Waals surface area contributed by atoms with Crippen LogP contribution in [-0.2, 0) is 11.4 Å². The van der Waals surface area contributed by atoms with Crippen molar-refractivity contribution in [1.29, 1.82) is 0 Å². The number of carbonyl (C=O) groups excluding carboxylic acids is 1. The molecular formula is C26H23BrN6O2. The lowest BCUT2D eigenvalue weighted by atomic mass is 9.94. The Balaban J connectivity index is 1.56. The molecule has 3 aromatic carbocycles. The summed E-state index contributed by atoms with van der Waals surface area (Å²) in [6.45, 7) is 4.29. The Morgan fingerprint density at radius 1 is 1.09 bits per heavy atom. The lowest BCUT2D eigenvalue weighted by molar-refractivity contribution is -0.113. The highest BCUT2D eigenvalue weighted by Gasteiger charge is 2.36. The van der Waals surface area contributed by atoms with Crippen molar-refractivity contribution in [3.63, 3.8) is 0 Å². The Morgan fingerprint density at radius 2 is 1.86 bits per heavy atom. The molecule has 0 fully saturated rings. The first-order valence-electron chi connectivity index (χ1n) is 11.1. The van der Waals surface area contributed by atoms with E-state index in [2.05, 4.69) is 55.1 Å². The molecule has 0 saturated heterocycles. The van der Waals surface area contributed by atoms with Crippen molar-refractivity contribution in [1.82, 2.24) is 20.2 Å². The summed E-state index contributed by atoms with van der Waals surface area (Å²) in [5.74, 6) is 0.841. The summed E-state index contributed by atoms with van der Waals surface area (Å²) in [5.41, 5.74) is 4.85. The van der Waals surface area contributed by atoms with E-state index in [1.54, 1.807) is 4.68 Å². The molecule has 1 aliphatic heterocycles. The van der Waals surface area contributed by atoms with E-state index in [-0.39, 0.29) is 5.91 Å². The van der Waals surface area contributed by atoms with E-state index in [1.807, 2.05) is 73.7 Å². The van der Waals surface area contributed by atoms with Gasteiger partial charge in [0.1, 0.15) is 18.4 Å². The molecule has 5 rings (SSSR count). The highest BCUT2D eigenvalue weighted by atomic mass is 79.9. The van der Waals surface area contributed by atoms with Gasteiger partial charge in [-0.25, -0.2) is 0 Å². The third kappa shape index (κ3) is 4.67. The van der Waals surface area contributed by atoms with E-state index in [4.69, 9.17) is 4.74 Å². The van der Waals surface area contributed by atoms with Gasteiger partial charge in [0.05, 0.1) is 5.57 Å². The maximum atomic E-state index is 13.6. The molecule has 2 N–H and O–H groups in total. The molecule has 1 aromatic heterocycles. The third-order valence-corrected chi connectivity index (χ3v) is 6.39. The van der Waals surface area contributed by atoms with Crippen LogP contribution < -0.4 is 15.4 Å². The number of aryl methyl sites for hydroxylation is 1. The summed E-state index contributed by atoms with van der Waals surface area (Å²) in [4.78, 5) is 13.6. The predicted octanol–water partition coefficient (Wildman–Crippen LogP) is 5.25. The quantitative estimate of drug-likeness (QED) is 0.353. The minimum atomic E-state index is -0.602. The van der Waals surface area contributed by atoms with Crippen molar-refractivity contribution in [3.05, 3.63) is 105 Å². The van der Waals surface area contributed by atoms with Crippen LogP contribution in [0.1, 0.15) is 29.7 Å². The van der Waals surface area contributed by atoms with Crippen LogP contribution in [0.25, 0.3) is 0 Å². The molecule has 0 spiro atoms. The zero-order valence-corrected chi connectivity index (χ0v) is 20.8. The van der Waals surface area contributed by atoms with Crippen molar-refractivity contribution in [2.45, 2.75) is 26.5 Å². The van der Waals surface area contributed by atoms with Gasteiger partial charge in [-0.2, -0.15) is 4.68 Å². The number of anilines is 2. The van der Waals surface area contributed by atoms with Gasteiger partial charge in [-0.15, -0.1) is 0 Å². The highest BCUT2D eigenvalue weighted by molar-refractivity contribution is 9.10. The van der Waals surface area contributed by atoms with Gasteiger partial charge in [0, 0.05) is 21.4 Å². The van der Waals surface area contributed by atoms with Crippen LogP contribution >= 0.6 is 15.9 Å². The summed E-state index contributed by atoms with van der Waals surface area (Å²) in [6.07, 6.45) is 0. The van der Waals surface area contributed by atoms with Crippen LogP contribution in [0.2, 0.25) is 0 Å². The zero-order valence-electron chi connectivity index (χ0n) is 19.2. The number of rotatable bonds is 6. The van der Waals surface area contributed by atoms with Crippen LogP contribution in [0.4, 0.5) is 11.6 Å². The number of carbonyl (C=O) groups is 1. The minimum absolute atomic E-state index is 0.253. The molecule has 0 radical (unpaired) electrons. The molecule has 9 heteroatoms. The SMILES string of the molecule is CC1=C(C(=O)Nc2ccccc2)C(c2cc(Br)ccc2OCc2ccccc2C)n2nnnc2N1. The maximum Gasteiger partial charge on any atom is 0.255 e. The number of halogens is 1. The standard InChI is InChI=1S/C26H23BrN6O2/c1-16-8-6-7-9-18(16)15-35-22-13-12-19(27)14-21(22)24-23(17(2)28-26-30-31-32-33(24)26)25(34)29-20-10-4-3-5-11-20/h3-14,24H,15H2,1-2H3,(H,29,34)(H,28,30,32). The van der Waals surface area contributed by atoms with Crippen LogP contribution in [0.15, 0.2) is 88.5 Å². The number of ether oxygens (including phenoxy) is 1. The van der Waals surface area contributed by atoms with E-state index >= 15 is 0 Å². The molecule has 1 amide bonds. The Morgan fingerprint density at radius 3 is 2.66 bits per heavy atom. The first-order valence-corrected chi connectivity index (χ1v) is 11.9. The topological polar surface area (TPSA) is 94.0 Å². The first-order chi connectivity index (χ1) is 17.0. The molecule has 0 saturated carbocycles. The summed E-state index contributed by atoms with van der Waals surface area (Å²) in [5, 5.41) is 18.3. The molecule has 1 unspecified atom stereocenters. The molecule has 8 nitrogen and oxygen atoms in total. The second-order valence-corrected chi connectivity index (χ2v) is 9.15. The normalized spacial score (nSPS) is 14.8. The Bertz CT molecular complexity index is 1420. The Labute approximate surface area is 211 Å². The fraction of sp³-hybridized carbons (Fsp3) is 0.154. The fourth-order valence-corrected chi connectivity index (χ4v) is 4.48. The van der Waals surface area contributed by atoms with E-state index in [0.717, 1.165) is 21.2 Å². The predicted molar refractivity (Wildman–Crippen MR) is 137 cm³/mol. The molecule has 0 aliphatic carbocycles. The van der Waals surface area contributed by atoms with Gasteiger partial charge in [0.15, 0.2) is 0 Å². The number of tetrazole rings is 1. The summed E-state index contributed by atoms with van der Waals surface area (Å²) in [6, 6.07) is 22.6. The number of para-hydroxylation sites is 1. The number of benzene rings is 3. The highest BCUT2D eigenvalue weighted by Crippen LogP contribution is 2.40. The van der Waals surface area contributed by atoms with E-state index < -0.39 is 6.04 Å². The van der Waals surface area contributed by atoms with E-state index in [0.29, 0.717) is 35.3 Å².